The molecule has 1 aliphatic heterocycles. The lowest BCUT2D eigenvalue weighted by molar-refractivity contribution is 0.293. The molecule has 4 heteroatoms. The Labute approximate surface area is 94.3 Å². The molecule has 1 aromatic carbocycles. The van der Waals surface area contributed by atoms with Crippen LogP contribution < -0.4 is 5.32 Å². The molecular weight excluding hydrogens is 200 g/mol. The van der Waals surface area contributed by atoms with Gasteiger partial charge in [0.2, 0.25) is 0 Å². The molecule has 16 heavy (non-hydrogen) atoms. The van der Waals surface area contributed by atoms with Gasteiger partial charge in [-0.15, -0.1) is 5.10 Å². The molecule has 0 spiro atoms. The fourth-order valence-electron chi connectivity index (χ4n) is 1.87. The standard InChI is InChI=1S/C12H14N4/c1-2-4-11(5-3-1)12-9-16(15-14-12)8-10-6-13-7-10/h1-5,9-10,13H,6-8H2. The minimum atomic E-state index is 0.713. The molecule has 3 rings (SSSR count). The van der Waals surface area contributed by atoms with E-state index in [4.69, 9.17) is 0 Å². The molecule has 1 fully saturated rings. The summed E-state index contributed by atoms with van der Waals surface area (Å²) in [6.45, 7) is 3.16. The van der Waals surface area contributed by atoms with Crippen LogP contribution in [-0.4, -0.2) is 28.1 Å². The first-order valence-electron chi connectivity index (χ1n) is 5.58. The monoisotopic (exact) mass is 214 g/mol. The van der Waals surface area contributed by atoms with Gasteiger partial charge in [-0.1, -0.05) is 35.5 Å². The van der Waals surface area contributed by atoms with Gasteiger partial charge in [0.05, 0.1) is 6.20 Å². The van der Waals surface area contributed by atoms with Gasteiger partial charge in [0.15, 0.2) is 0 Å². The van der Waals surface area contributed by atoms with Crippen molar-refractivity contribution in [2.24, 2.45) is 5.92 Å². The largest absolute Gasteiger partial charge is 0.316 e. The van der Waals surface area contributed by atoms with Crippen molar-refractivity contribution in [2.45, 2.75) is 6.54 Å². The second kappa shape index (κ2) is 4.06. The number of nitrogens with one attached hydrogen (secondary N) is 1. The Kier molecular flexibility index (Phi) is 2.42. The van der Waals surface area contributed by atoms with E-state index < -0.39 is 0 Å². The quantitative estimate of drug-likeness (QED) is 0.834. The van der Waals surface area contributed by atoms with Gasteiger partial charge in [-0.2, -0.15) is 0 Å². The van der Waals surface area contributed by atoms with E-state index in [0.29, 0.717) is 5.92 Å². The van der Waals surface area contributed by atoms with Gasteiger partial charge >= 0.3 is 0 Å². The molecule has 1 aromatic heterocycles. The number of aromatic nitrogens is 3. The molecule has 4 nitrogen and oxygen atoms in total. The van der Waals surface area contributed by atoms with Crippen LogP contribution in [0.15, 0.2) is 36.5 Å². The number of benzene rings is 1. The molecule has 82 valence electrons. The highest BCUT2D eigenvalue weighted by atomic mass is 15.4. The SMILES string of the molecule is c1ccc(-c2cn(CC3CNC3)nn2)cc1. The number of hydrogen-bond donors (Lipinski definition) is 1. The van der Waals surface area contributed by atoms with Crippen molar-refractivity contribution < 1.29 is 0 Å². The van der Waals surface area contributed by atoms with Crippen molar-refractivity contribution in [3.8, 4) is 11.3 Å². The lowest BCUT2D eigenvalue weighted by Gasteiger charge is -2.26. The van der Waals surface area contributed by atoms with Crippen LogP contribution in [0.4, 0.5) is 0 Å². The van der Waals surface area contributed by atoms with Crippen LogP contribution in [0, 0.1) is 5.92 Å². The van der Waals surface area contributed by atoms with Gasteiger partial charge in [0.1, 0.15) is 5.69 Å². The topological polar surface area (TPSA) is 42.7 Å². The molecule has 0 unspecified atom stereocenters. The summed E-state index contributed by atoms with van der Waals surface area (Å²) in [5.74, 6) is 0.713. The van der Waals surface area contributed by atoms with E-state index in [2.05, 4.69) is 27.8 Å². The van der Waals surface area contributed by atoms with E-state index in [1.54, 1.807) is 0 Å². The van der Waals surface area contributed by atoms with Crippen molar-refractivity contribution in [2.75, 3.05) is 13.1 Å². The molecule has 2 aromatic rings. The molecule has 0 aliphatic carbocycles. The highest BCUT2D eigenvalue weighted by Crippen LogP contribution is 2.15. The molecule has 1 N–H and O–H groups in total. The van der Waals surface area contributed by atoms with Crippen LogP contribution in [0.5, 0.6) is 0 Å². The lowest BCUT2D eigenvalue weighted by atomic mass is 10.0. The third kappa shape index (κ3) is 1.84. The molecule has 0 atom stereocenters. The zero-order valence-electron chi connectivity index (χ0n) is 9.00. The van der Waals surface area contributed by atoms with E-state index >= 15 is 0 Å². The number of nitrogens with zero attached hydrogens (tertiary/aromatic N) is 3. The zero-order valence-corrected chi connectivity index (χ0v) is 9.00. The molecule has 1 saturated heterocycles. The Morgan fingerprint density at radius 3 is 2.75 bits per heavy atom. The highest BCUT2D eigenvalue weighted by molar-refractivity contribution is 5.57. The summed E-state index contributed by atoms with van der Waals surface area (Å²) in [6, 6.07) is 10.2. The molecule has 0 radical (unpaired) electrons. The van der Waals surface area contributed by atoms with Crippen LogP contribution >= 0.6 is 0 Å². The maximum absolute atomic E-state index is 4.19. The third-order valence-corrected chi connectivity index (χ3v) is 2.92. The van der Waals surface area contributed by atoms with Gasteiger partial charge < -0.3 is 5.32 Å². The maximum Gasteiger partial charge on any atom is 0.113 e. The Morgan fingerprint density at radius 2 is 2.06 bits per heavy atom. The number of hydrogen-bond acceptors (Lipinski definition) is 3. The first kappa shape index (κ1) is 9.54. The van der Waals surface area contributed by atoms with Crippen LogP contribution in [0.25, 0.3) is 11.3 Å². The lowest BCUT2D eigenvalue weighted by Crippen LogP contribution is -2.44. The Hall–Kier alpha value is -1.68. The summed E-state index contributed by atoms with van der Waals surface area (Å²) < 4.78 is 1.94. The van der Waals surface area contributed by atoms with Crippen LogP contribution in [0.1, 0.15) is 0 Å². The van der Waals surface area contributed by atoms with Gasteiger partial charge in [0.25, 0.3) is 0 Å². The summed E-state index contributed by atoms with van der Waals surface area (Å²) >= 11 is 0. The smallest absolute Gasteiger partial charge is 0.113 e. The predicted molar refractivity (Wildman–Crippen MR) is 61.8 cm³/mol. The minimum Gasteiger partial charge on any atom is -0.316 e. The first-order valence-corrected chi connectivity index (χ1v) is 5.58. The normalized spacial score (nSPS) is 16.0. The molecule has 0 amide bonds. The second-order valence-electron chi connectivity index (χ2n) is 4.22. The predicted octanol–water partition coefficient (Wildman–Crippen LogP) is 1.16. The highest BCUT2D eigenvalue weighted by Gasteiger charge is 2.17. The van der Waals surface area contributed by atoms with Crippen molar-refractivity contribution >= 4 is 0 Å². The van der Waals surface area contributed by atoms with Gasteiger partial charge in [-0.05, 0) is 0 Å². The van der Waals surface area contributed by atoms with E-state index in [-0.39, 0.29) is 0 Å². The summed E-state index contributed by atoms with van der Waals surface area (Å²) in [7, 11) is 0. The fourth-order valence-corrected chi connectivity index (χ4v) is 1.87. The Bertz CT molecular complexity index is 459. The van der Waals surface area contributed by atoms with E-state index in [9.17, 15) is 0 Å². The van der Waals surface area contributed by atoms with Gasteiger partial charge in [-0.25, -0.2) is 0 Å². The Morgan fingerprint density at radius 1 is 1.25 bits per heavy atom. The maximum atomic E-state index is 4.19. The van der Waals surface area contributed by atoms with Crippen molar-refractivity contribution in [1.29, 1.82) is 0 Å². The van der Waals surface area contributed by atoms with Crippen LogP contribution in [0.3, 0.4) is 0 Å². The summed E-state index contributed by atoms with van der Waals surface area (Å²) in [6.07, 6.45) is 2.02. The molecule has 2 heterocycles. The molecular formula is C12H14N4. The average Bonchev–Trinajstić information content (AvgIpc) is 2.73. The summed E-state index contributed by atoms with van der Waals surface area (Å²) in [4.78, 5) is 0. The van der Waals surface area contributed by atoms with E-state index in [1.165, 1.54) is 0 Å². The van der Waals surface area contributed by atoms with Crippen molar-refractivity contribution in [3.63, 3.8) is 0 Å². The van der Waals surface area contributed by atoms with Crippen LogP contribution in [0.2, 0.25) is 0 Å². The zero-order chi connectivity index (χ0) is 10.8. The second-order valence-corrected chi connectivity index (χ2v) is 4.22. The number of rotatable bonds is 3. The average molecular weight is 214 g/mol. The van der Waals surface area contributed by atoms with Crippen molar-refractivity contribution in [1.82, 2.24) is 20.3 Å². The molecule has 1 aliphatic rings. The summed E-state index contributed by atoms with van der Waals surface area (Å²) in [5, 5.41) is 11.6. The summed E-state index contributed by atoms with van der Waals surface area (Å²) in [5.41, 5.74) is 2.08. The Balaban J connectivity index is 1.77. The van der Waals surface area contributed by atoms with Gasteiger partial charge in [0, 0.05) is 31.1 Å². The fraction of sp³-hybridized carbons (Fsp3) is 0.333. The van der Waals surface area contributed by atoms with E-state index in [1.807, 2.05) is 29.1 Å². The third-order valence-electron chi connectivity index (χ3n) is 2.92. The van der Waals surface area contributed by atoms with Crippen molar-refractivity contribution in [3.05, 3.63) is 36.5 Å². The molecule has 0 bridgehead atoms. The van der Waals surface area contributed by atoms with Gasteiger partial charge in [-0.3, -0.25) is 4.68 Å². The minimum absolute atomic E-state index is 0.713. The first-order chi connectivity index (χ1) is 7.92. The molecule has 0 saturated carbocycles. The van der Waals surface area contributed by atoms with Crippen LogP contribution in [-0.2, 0) is 6.54 Å². The van der Waals surface area contributed by atoms with E-state index in [0.717, 1.165) is 30.9 Å².